The maximum absolute atomic E-state index is 11.7. The topological polar surface area (TPSA) is 79.2 Å². The van der Waals surface area contributed by atoms with Gasteiger partial charge in [-0.3, -0.25) is 4.79 Å². The normalized spacial score (nSPS) is 24.5. The SMILES string of the molecule is CCOC(=O)C1(O)CC(C(C)(C)C)=NN1C=O. The van der Waals surface area contributed by atoms with Crippen molar-refractivity contribution in [2.24, 2.45) is 10.5 Å². The molecular formula is C11H18N2O4. The standard InChI is InChI=1S/C11H18N2O4/c1-5-17-9(15)11(16)6-8(10(2,3)4)12-13(11)7-14/h7,16H,5-6H2,1-4H3. The molecule has 1 unspecified atom stereocenters. The number of ether oxygens (including phenoxy) is 1. The lowest BCUT2D eigenvalue weighted by atomic mass is 9.86. The van der Waals surface area contributed by atoms with Crippen LogP contribution in [0.25, 0.3) is 0 Å². The second-order valence-corrected chi connectivity index (χ2v) is 4.96. The van der Waals surface area contributed by atoms with Crippen LogP contribution in [0.4, 0.5) is 0 Å². The van der Waals surface area contributed by atoms with E-state index in [1.54, 1.807) is 6.92 Å². The summed E-state index contributed by atoms with van der Waals surface area (Å²) in [5, 5.41) is 14.9. The van der Waals surface area contributed by atoms with Crippen molar-refractivity contribution in [2.75, 3.05) is 6.61 Å². The maximum atomic E-state index is 11.7. The molecule has 0 saturated heterocycles. The summed E-state index contributed by atoms with van der Waals surface area (Å²) in [5.41, 5.74) is -1.74. The summed E-state index contributed by atoms with van der Waals surface area (Å²) in [5.74, 6) is -0.852. The number of aliphatic hydroxyl groups is 1. The Kier molecular flexibility index (Phi) is 3.56. The van der Waals surface area contributed by atoms with E-state index in [-0.39, 0.29) is 18.4 Å². The maximum Gasteiger partial charge on any atom is 0.362 e. The second kappa shape index (κ2) is 4.44. The Labute approximate surface area is 100 Å². The highest BCUT2D eigenvalue weighted by Crippen LogP contribution is 2.32. The first kappa shape index (κ1) is 13.6. The van der Waals surface area contributed by atoms with Gasteiger partial charge in [-0.05, 0) is 6.92 Å². The molecule has 6 heteroatoms. The molecule has 17 heavy (non-hydrogen) atoms. The molecule has 0 fully saturated rings. The van der Waals surface area contributed by atoms with Gasteiger partial charge in [-0.1, -0.05) is 20.8 Å². The van der Waals surface area contributed by atoms with Crippen molar-refractivity contribution in [1.82, 2.24) is 5.01 Å². The van der Waals surface area contributed by atoms with Crippen LogP contribution in [0.2, 0.25) is 0 Å². The molecule has 1 aliphatic rings. The van der Waals surface area contributed by atoms with Crippen molar-refractivity contribution in [1.29, 1.82) is 0 Å². The Morgan fingerprint density at radius 3 is 2.65 bits per heavy atom. The molecule has 0 bridgehead atoms. The van der Waals surface area contributed by atoms with Crippen LogP contribution in [0, 0.1) is 5.41 Å². The largest absolute Gasteiger partial charge is 0.462 e. The van der Waals surface area contributed by atoms with Gasteiger partial charge in [0, 0.05) is 17.5 Å². The quantitative estimate of drug-likeness (QED) is 0.577. The van der Waals surface area contributed by atoms with Gasteiger partial charge in [-0.2, -0.15) is 10.1 Å². The lowest BCUT2D eigenvalue weighted by molar-refractivity contribution is -0.185. The van der Waals surface area contributed by atoms with Crippen LogP contribution in [0.3, 0.4) is 0 Å². The van der Waals surface area contributed by atoms with Crippen LogP contribution >= 0.6 is 0 Å². The van der Waals surface area contributed by atoms with E-state index in [1.807, 2.05) is 20.8 Å². The molecule has 1 aliphatic heterocycles. The molecule has 1 atom stereocenters. The Bertz CT molecular complexity index is 359. The van der Waals surface area contributed by atoms with Crippen molar-refractivity contribution >= 4 is 18.1 Å². The van der Waals surface area contributed by atoms with E-state index in [0.29, 0.717) is 12.1 Å². The predicted octanol–water partition coefficient (Wildman–Crippen LogP) is 0.502. The second-order valence-electron chi connectivity index (χ2n) is 4.96. The third-order valence-corrected chi connectivity index (χ3v) is 2.59. The number of nitrogens with zero attached hydrogens (tertiary/aromatic N) is 2. The van der Waals surface area contributed by atoms with E-state index < -0.39 is 11.7 Å². The van der Waals surface area contributed by atoms with Crippen LogP contribution in [0.1, 0.15) is 34.1 Å². The summed E-state index contributed by atoms with van der Waals surface area (Å²) in [4.78, 5) is 22.5. The molecule has 1 heterocycles. The predicted molar refractivity (Wildman–Crippen MR) is 61.0 cm³/mol. The zero-order valence-corrected chi connectivity index (χ0v) is 10.6. The molecule has 1 N–H and O–H groups in total. The number of carbonyl (C=O) groups is 2. The summed E-state index contributed by atoms with van der Waals surface area (Å²) in [7, 11) is 0. The molecule has 96 valence electrons. The zero-order chi connectivity index (χ0) is 13.3. The molecular weight excluding hydrogens is 224 g/mol. The summed E-state index contributed by atoms with van der Waals surface area (Å²) >= 11 is 0. The van der Waals surface area contributed by atoms with Gasteiger partial charge in [0.1, 0.15) is 0 Å². The first-order chi connectivity index (χ1) is 7.75. The lowest BCUT2D eigenvalue weighted by Gasteiger charge is -2.25. The fourth-order valence-corrected chi connectivity index (χ4v) is 1.50. The molecule has 0 aromatic heterocycles. The number of hydrogen-bond acceptors (Lipinski definition) is 5. The summed E-state index contributed by atoms with van der Waals surface area (Å²) in [6, 6.07) is 0. The number of carbonyl (C=O) groups excluding carboxylic acids is 2. The average Bonchev–Trinajstić information content (AvgIpc) is 2.57. The summed E-state index contributed by atoms with van der Waals surface area (Å²) in [6.45, 7) is 7.45. The van der Waals surface area contributed by atoms with Crippen molar-refractivity contribution in [3.63, 3.8) is 0 Å². The van der Waals surface area contributed by atoms with Gasteiger partial charge < -0.3 is 9.84 Å². The van der Waals surface area contributed by atoms with E-state index >= 15 is 0 Å². The highest BCUT2D eigenvalue weighted by Gasteiger charge is 2.51. The van der Waals surface area contributed by atoms with Gasteiger partial charge in [0.05, 0.1) is 6.61 Å². The van der Waals surface area contributed by atoms with Gasteiger partial charge in [-0.15, -0.1) is 0 Å². The molecule has 0 aliphatic carbocycles. The van der Waals surface area contributed by atoms with Crippen LogP contribution in [-0.4, -0.2) is 40.5 Å². The fraction of sp³-hybridized carbons (Fsp3) is 0.727. The minimum atomic E-state index is -2.00. The van der Waals surface area contributed by atoms with Crippen LogP contribution in [0.5, 0.6) is 0 Å². The molecule has 6 nitrogen and oxygen atoms in total. The molecule has 0 radical (unpaired) electrons. The van der Waals surface area contributed by atoms with Crippen molar-refractivity contribution < 1.29 is 19.4 Å². The Hall–Kier alpha value is -1.43. The Morgan fingerprint density at radius 2 is 2.24 bits per heavy atom. The molecule has 1 amide bonds. The third-order valence-electron chi connectivity index (χ3n) is 2.59. The van der Waals surface area contributed by atoms with E-state index in [9.17, 15) is 14.7 Å². The van der Waals surface area contributed by atoms with Crippen LogP contribution < -0.4 is 0 Å². The molecule has 0 aromatic carbocycles. The highest BCUT2D eigenvalue weighted by molar-refractivity contribution is 5.98. The van der Waals surface area contributed by atoms with E-state index in [2.05, 4.69) is 5.10 Å². The molecule has 0 aromatic rings. The van der Waals surface area contributed by atoms with Crippen molar-refractivity contribution in [2.45, 2.75) is 39.8 Å². The van der Waals surface area contributed by atoms with Gasteiger partial charge in [0.2, 0.25) is 6.41 Å². The zero-order valence-electron chi connectivity index (χ0n) is 10.6. The van der Waals surface area contributed by atoms with Gasteiger partial charge in [-0.25, -0.2) is 4.79 Å². The van der Waals surface area contributed by atoms with Gasteiger partial charge in [0.15, 0.2) is 0 Å². The van der Waals surface area contributed by atoms with Crippen LogP contribution in [0.15, 0.2) is 5.10 Å². The summed E-state index contributed by atoms with van der Waals surface area (Å²) in [6.07, 6.45) is 0.309. The van der Waals surface area contributed by atoms with E-state index in [4.69, 9.17) is 4.74 Å². The first-order valence-corrected chi connectivity index (χ1v) is 5.48. The van der Waals surface area contributed by atoms with Crippen LogP contribution in [-0.2, 0) is 14.3 Å². The number of amides is 1. The molecule has 0 spiro atoms. The molecule has 1 rings (SSSR count). The third kappa shape index (κ3) is 2.46. The number of hydrazone groups is 1. The first-order valence-electron chi connectivity index (χ1n) is 5.48. The van der Waals surface area contributed by atoms with Gasteiger partial charge >= 0.3 is 5.97 Å². The monoisotopic (exact) mass is 242 g/mol. The Morgan fingerprint density at radius 1 is 1.65 bits per heavy atom. The Balaban J connectivity index is 2.99. The van der Waals surface area contributed by atoms with Crippen molar-refractivity contribution in [3.8, 4) is 0 Å². The minimum Gasteiger partial charge on any atom is -0.462 e. The summed E-state index contributed by atoms with van der Waals surface area (Å²) < 4.78 is 4.76. The highest BCUT2D eigenvalue weighted by atomic mass is 16.6. The van der Waals surface area contributed by atoms with Gasteiger partial charge in [0.25, 0.3) is 5.72 Å². The number of esters is 1. The lowest BCUT2D eigenvalue weighted by Crippen LogP contribution is -2.50. The van der Waals surface area contributed by atoms with E-state index in [0.717, 1.165) is 5.01 Å². The molecule has 0 saturated carbocycles. The smallest absolute Gasteiger partial charge is 0.362 e. The number of hydrogen-bond donors (Lipinski definition) is 1. The van der Waals surface area contributed by atoms with Crippen molar-refractivity contribution in [3.05, 3.63) is 0 Å². The fourth-order valence-electron chi connectivity index (χ4n) is 1.50. The number of rotatable bonds is 3. The minimum absolute atomic E-state index is 0.0198. The van der Waals surface area contributed by atoms with E-state index in [1.165, 1.54) is 0 Å². The average molecular weight is 242 g/mol.